The van der Waals surface area contributed by atoms with Crippen LogP contribution in [-0.2, 0) is 19.1 Å². The number of aliphatic carboxylic acids is 1. The second-order valence-corrected chi connectivity index (χ2v) is 11.4. The molecule has 2 bridgehead atoms. The number of likely N-dealkylation sites (tertiary alicyclic amines) is 1. The molecule has 4 rings (SSSR count). The lowest BCUT2D eigenvalue weighted by Crippen LogP contribution is -2.60. The number of rotatable bonds is 8. The number of aliphatic hydroxyl groups is 1. The predicted molar refractivity (Wildman–Crippen MR) is 134 cm³/mol. The number of aryl methyl sites for hydroxylation is 2. The Morgan fingerprint density at radius 3 is 2.63 bits per heavy atom. The number of anilines is 1. The maximum atomic E-state index is 14.5. The van der Waals surface area contributed by atoms with Crippen molar-refractivity contribution in [1.29, 1.82) is 0 Å². The number of carbonyl (C=O) groups is 3. The van der Waals surface area contributed by atoms with Crippen LogP contribution in [0.2, 0.25) is 0 Å². The Morgan fingerprint density at radius 2 is 2.06 bits per heavy atom. The van der Waals surface area contributed by atoms with Crippen molar-refractivity contribution >= 4 is 39.4 Å². The highest BCUT2D eigenvalue weighted by Gasteiger charge is 2.77. The lowest BCUT2D eigenvalue weighted by molar-refractivity contribution is -0.151. The van der Waals surface area contributed by atoms with Crippen molar-refractivity contribution in [2.75, 3.05) is 18.1 Å². The summed E-state index contributed by atoms with van der Waals surface area (Å²) in [6.07, 6.45) is 1.25. The zero-order valence-electron chi connectivity index (χ0n) is 20.5. The van der Waals surface area contributed by atoms with Gasteiger partial charge in [-0.2, -0.15) is 0 Å². The zero-order valence-corrected chi connectivity index (χ0v) is 22.1. The summed E-state index contributed by atoms with van der Waals surface area (Å²) in [6, 6.07) is 4.08. The minimum absolute atomic E-state index is 0.164. The fraction of sp³-hybridized carbons (Fsp3) is 0.577. The Labute approximate surface area is 214 Å². The van der Waals surface area contributed by atoms with Gasteiger partial charge in [0.05, 0.1) is 30.6 Å². The third kappa shape index (κ3) is 3.83. The molecule has 7 atom stereocenters. The van der Waals surface area contributed by atoms with Gasteiger partial charge in [-0.15, -0.1) is 6.58 Å². The van der Waals surface area contributed by atoms with E-state index in [-0.39, 0.29) is 29.8 Å². The van der Waals surface area contributed by atoms with Gasteiger partial charge in [-0.25, -0.2) is 0 Å². The predicted octanol–water partition coefficient (Wildman–Crippen LogP) is 2.67. The van der Waals surface area contributed by atoms with Gasteiger partial charge in [0.2, 0.25) is 5.91 Å². The Hall–Kier alpha value is -2.23. The zero-order chi connectivity index (χ0) is 25.8. The number of amides is 2. The molecule has 9 heteroatoms. The summed E-state index contributed by atoms with van der Waals surface area (Å²) >= 11 is 3.56. The molecule has 3 saturated heterocycles. The first-order valence-corrected chi connectivity index (χ1v) is 12.9. The number of carboxylic acids is 1. The molecule has 0 aromatic heterocycles. The number of benzene rings is 1. The summed E-state index contributed by atoms with van der Waals surface area (Å²) in [5.74, 6) is -4.14. The molecule has 190 valence electrons. The van der Waals surface area contributed by atoms with Gasteiger partial charge in [-0.1, -0.05) is 48.0 Å². The van der Waals surface area contributed by atoms with E-state index in [2.05, 4.69) is 22.5 Å². The molecule has 0 aliphatic carbocycles. The molecule has 3 aliphatic rings. The van der Waals surface area contributed by atoms with Crippen LogP contribution in [0, 0.1) is 31.6 Å². The van der Waals surface area contributed by atoms with E-state index in [1.54, 1.807) is 11.0 Å². The standard InChI is InChI=1S/C26H33BrN2O6/c1-6-9-28(17-10-14(4)7-8-15(17)5)24(32)22-26-11-16(27)21(35-26)19(25(33)34)20(26)23(31)29(22)18(12-30)13(2)3/h6-8,10,13,16,18-22,30H,1,9,11-12H2,2-5H3,(H,33,34)/t16?,18-,19-,20-,21-,22?,26?/m0/s1. The van der Waals surface area contributed by atoms with Crippen LogP contribution in [-0.4, -0.2) is 74.7 Å². The fourth-order valence-electron chi connectivity index (χ4n) is 6.20. The van der Waals surface area contributed by atoms with E-state index >= 15 is 0 Å². The number of alkyl halides is 1. The molecule has 2 N–H and O–H groups in total. The molecule has 3 aliphatic heterocycles. The minimum Gasteiger partial charge on any atom is -0.481 e. The number of carbonyl (C=O) groups excluding carboxylic acids is 2. The monoisotopic (exact) mass is 548 g/mol. The van der Waals surface area contributed by atoms with Crippen molar-refractivity contribution in [3.8, 4) is 0 Å². The molecular formula is C26H33BrN2O6. The van der Waals surface area contributed by atoms with E-state index in [0.717, 1.165) is 11.1 Å². The van der Waals surface area contributed by atoms with Crippen LogP contribution in [0.5, 0.6) is 0 Å². The van der Waals surface area contributed by atoms with E-state index in [1.165, 1.54) is 4.90 Å². The Kier molecular flexibility index (Phi) is 6.89. The molecule has 1 aromatic carbocycles. The Balaban J connectivity index is 1.89. The van der Waals surface area contributed by atoms with Crippen molar-refractivity contribution in [2.45, 2.75) is 62.7 Å². The van der Waals surface area contributed by atoms with Gasteiger partial charge < -0.3 is 24.7 Å². The molecule has 0 radical (unpaired) electrons. The van der Waals surface area contributed by atoms with Crippen molar-refractivity contribution in [3.63, 3.8) is 0 Å². The summed E-state index contributed by atoms with van der Waals surface area (Å²) in [5.41, 5.74) is 1.26. The quantitative estimate of drug-likeness (QED) is 0.382. The van der Waals surface area contributed by atoms with E-state index in [0.29, 0.717) is 12.1 Å². The number of hydrogen-bond acceptors (Lipinski definition) is 5. The number of carboxylic acid groups (broad SMARTS) is 1. The molecule has 2 amide bonds. The summed E-state index contributed by atoms with van der Waals surface area (Å²) < 4.78 is 6.35. The van der Waals surface area contributed by atoms with E-state index < -0.39 is 47.5 Å². The number of hydrogen-bond donors (Lipinski definition) is 2. The molecule has 3 fully saturated rings. The summed E-state index contributed by atoms with van der Waals surface area (Å²) in [5, 5.41) is 20.3. The highest BCUT2D eigenvalue weighted by Crippen LogP contribution is 2.60. The molecular weight excluding hydrogens is 516 g/mol. The maximum Gasteiger partial charge on any atom is 0.310 e. The Morgan fingerprint density at radius 1 is 1.37 bits per heavy atom. The van der Waals surface area contributed by atoms with E-state index in [4.69, 9.17) is 4.74 Å². The van der Waals surface area contributed by atoms with Gasteiger partial charge >= 0.3 is 5.97 Å². The topological polar surface area (TPSA) is 107 Å². The highest BCUT2D eigenvalue weighted by molar-refractivity contribution is 9.09. The van der Waals surface area contributed by atoms with Crippen LogP contribution in [0.1, 0.15) is 31.4 Å². The molecule has 8 nitrogen and oxygen atoms in total. The van der Waals surface area contributed by atoms with Crippen molar-refractivity contribution in [2.24, 2.45) is 17.8 Å². The van der Waals surface area contributed by atoms with Crippen molar-refractivity contribution in [3.05, 3.63) is 42.0 Å². The highest BCUT2D eigenvalue weighted by atomic mass is 79.9. The first kappa shape index (κ1) is 25.9. The minimum atomic E-state index is -1.30. The molecule has 3 unspecified atom stereocenters. The number of nitrogens with zero attached hydrogens (tertiary/aromatic N) is 2. The van der Waals surface area contributed by atoms with Gasteiger partial charge in [0.1, 0.15) is 11.6 Å². The summed E-state index contributed by atoms with van der Waals surface area (Å²) in [4.78, 5) is 43.4. The van der Waals surface area contributed by atoms with Crippen LogP contribution in [0.3, 0.4) is 0 Å². The largest absolute Gasteiger partial charge is 0.481 e. The molecule has 0 saturated carbocycles. The van der Waals surface area contributed by atoms with Gasteiger partial charge in [-0.05, 0) is 43.4 Å². The lowest BCUT2D eigenvalue weighted by atomic mass is 9.70. The second kappa shape index (κ2) is 9.33. The number of fused-ring (bicyclic) bond motifs is 1. The second-order valence-electron chi connectivity index (χ2n) is 10.3. The Bertz CT molecular complexity index is 1060. The lowest BCUT2D eigenvalue weighted by Gasteiger charge is -2.40. The van der Waals surface area contributed by atoms with E-state index in [9.17, 15) is 24.6 Å². The van der Waals surface area contributed by atoms with Crippen LogP contribution in [0.4, 0.5) is 5.69 Å². The van der Waals surface area contributed by atoms with Gasteiger partial charge in [0.25, 0.3) is 5.91 Å². The molecule has 1 aromatic rings. The average molecular weight is 549 g/mol. The van der Waals surface area contributed by atoms with Crippen LogP contribution in [0.25, 0.3) is 0 Å². The van der Waals surface area contributed by atoms with Crippen molar-refractivity contribution < 1.29 is 29.3 Å². The molecule has 3 heterocycles. The third-order valence-electron chi connectivity index (χ3n) is 7.79. The normalized spacial score (nSPS) is 32.1. The first-order chi connectivity index (χ1) is 16.5. The molecule has 1 spiro atoms. The van der Waals surface area contributed by atoms with Gasteiger partial charge in [0.15, 0.2) is 0 Å². The average Bonchev–Trinajstić information content (AvgIpc) is 3.38. The fourth-order valence-corrected chi connectivity index (χ4v) is 7.14. The SMILES string of the molecule is C=CCN(C(=O)C1N([C@@H](CO)C(C)C)C(=O)[C@@H]2[C@H](C(=O)O)[C@H]3OC12CC3Br)c1cc(C)ccc1C. The smallest absolute Gasteiger partial charge is 0.310 e. The van der Waals surface area contributed by atoms with Gasteiger partial charge in [-0.3, -0.25) is 14.4 Å². The summed E-state index contributed by atoms with van der Waals surface area (Å²) in [6.45, 7) is 11.3. The third-order valence-corrected chi connectivity index (χ3v) is 8.64. The number of halogens is 1. The first-order valence-electron chi connectivity index (χ1n) is 12.0. The van der Waals surface area contributed by atoms with Crippen molar-refractivity contribution in [1.82, 2.24) is 4.90 Å². The van der Waals surface area contributed by atoms with Crippen LogP contribution < -0.4 is 4.90 Å². The molecule has 35 heavy (non-hydrogen) atoms. The number of aliphatic hydroxyl groups excluding tert-OH is 1. The maximum absolute atomic E-state index is 14.5. The van der Waals surface area contributed by atoms with E-state index in [1.807, 2.05) is 45.9 Å². The summed E-state index contributed by atoms with van der Waals surface area (Å²) in [7, 11) is 0. The number of ether oxygens (including phenoxy) is 1. The van der Waals surface area contributed by atoms with Crippen LogP contribution in [0.15, 0.2) is 30.9 Å². The van der Waals surface area contributed by atoms with Crippen LogP contribution >= 0.6 is 15.9 Å². The van der Waals surface area contributed by atoms with Gasteiger partial charge in [0, 0.05) is 17.1 Å².